The summed E-state index contributed by atoms with van der Waals surface area (Å²) in [6, 6.07) is -0.222. The Bertz CT molecular complexity index is 260. The lowest BCUT2D eigenvalue weighted by Crippen LogP contribution is -2.56. The number of carboxylic acid groups (broad SMARTS) is 1. The Labute approximate surface area is 97.0 Å². The van der Waals surface area contributed by atoms with Gasteiger partial charge in [0.15, 0.2) is 0 Å². The van der Waals surface area contributed by atoms with E-state index in [1.165, 1.54) is 4.90 Å². The molecular formula is C11H22N2O3. The third kappa shape index (κ3) is 2.87. The maximum absolute atomic E-state index is 12.1. The smallest absolute Gasteiger partial charge is 0.329 e. The summed E-state index contributed by atoms with van der Waals surface area (Å²) in [5.41, 5.74) is -1.17. The monoisotopic (exact) mass is 230 g/mol. The molecule has 0 aliphatic rings. The highest BCUT2D eigenvalue weighted by Gasteiger charge is 2.38. The highest BCUT2D eigenvalue weighted by Crippen LogP contribution is 2.16. The molecule has 0 aliphatic carbocycles. The molecule has 0 saturated carbocycles. The Morgan fingerprint density at radius 2 is 1.50 bits per heavy atom. The maximum Gasteiger partial charge on any atom is 0.329 e. The van der Waals surface area contributed by atoms with Crippen molar-refractivity contribution < 1.29 is 14.7 Å². The van der Waals surface area contributed by atoms with Crippen molar-refractivity contribution in [2.75, 3.05) is 19.6 Å². The maximum atomic E-state index is 12.1. The minimum Gasteiger partial charge on any atom is -0.480 e. The van der Waals surface area contributed by atoms with Crippen LogP contribution in [0.25, 0.3) is 0 Å². The van der Waals surface area contributed by atoms with E-state index in [0.717, 1.165) is 0 Å². The minimum atomic E-state index is -1.17. The molecule has 0 aromatic rings. The number of carbonyl (C=O) groups excluding carboxylic acids is 1. The average Bonchev–Trinajstić information content (AvgIpc) is 2.19. The van der Waals surface area contributed by atoms with Gasteiger partial charge in [0.1, 0.15) is 5.54 Å². The number of urea groups is 1. The molecule has 5 heteroatoms. The van der Waals surface area contributed by atoms with Crippen LogP contribution in [-0.2, 0) is 4.79 Å². The first-order valence-electron chi connectivity index (χ1n) is 5.62. The lowest BCUT2D eigenvalue weighted by molar-refractivity contribution is -0.147. The average molecular weight is 230 g/mol. The molecule has 0 aromatic heterocycles. The summed E-state index contributed by atoms with van der Waals surface area (Å²) in [7, 11) is 0. The number of hydrogen-bond acceptors (Lipinski definition) is 2. The molecule has 0 atom stereocenters. The van der Waals surface area contributed by atoms with Crippen LogP contribution < -0.4 is 0 Å². The van der Waals surface area contributed by atoms with Crippen LogP contribution in [0.1, 0.15) is 34.6 Å². The van der Waals surface area contributed by atoms with Gasteiger partial charge in [-0.05, 0) is 34.6 Å². The van der Waals surface area contributed by atoms with E-state index in [1.807, 2.05) is 13.8 Å². The van der Waals surface area contributed by atoms with Crippen LogP contribution in [-0.4, -0.2) is 52.1 Å². The minimum absolute atomic E-state index is 0.222. The van der Waals surface area contributed by atoms with Crippen LogP contribution in [0.5, 0.6) is 0 Å². The van der Waals surface area contributed by atoms with Crippen molar-refractivity contribution in [3.63, 3.8) is 0 Å². The molecule has 0 aromatic carbocycles. The Morgan fingerprint density at radius 3 is 1.75 bits per heavy atom. The van der Waals surface area contributed by atoms with Gasteiger partial charge in [0.25, 0.3) is 0 Å². The quantitative estimate of drug-likeness (QED) is 0.781. The second kappa shape index (κ2) is 5.72. The standard InChI is InChI=1S/C11H22N2O3/c1-6-12(7-2)10(16)13(8-3)11(4,5)9(14)15/h6-8H2,1-5H3,(H,14,15). The summed E-state index contributed by atoms with van der Waals surface area (Å²) in [5.74, 6) is -0.991. The molecule has 16 heavy (non-hydrogen) atoms. The van der Waals surface area contributed by atoms with E-state index in [2.05, 4.69) is 0 Å². The molecule has 0 heterocycles. The number of likely N-dealkylation sites (N-methyl/N-ethyl adjacent to an activating group) is 1. The van der Waals surface area contributed by atoms with Crippen molar-refractivity contribution in [2.45, 2.75) is 40.2 Å². The number of aliphatic carboxylic acids is 1. The fourth-order valence-corrected chi connectivity index (χ4v) is 1.55. The van der Waals surface area contributed by atoms with Crippen molar-refractivity contribution in [1.82, 2.24) is 9.80 Å². The molecule has 5 nitrogen and oxygen atoms in total. The van der Waals surface area contributed by atoms with E-state index < -0.39 is 11.5 Å². The van der Waals surface area contributed by atoms with E-state index in [-0.39, 0.29) is 6.03 Å². The Hall–Kier alpha value is -1.26. The number of hydrogen-bond donors (Lipinski definition) is 1. The van der Waals surface area contributed by atoms with Gasteiger partial charge in [-0.3, -0.25) is 0 Å². The molecular weight excluding hydrogens is 208 g/mol. The van der Waals surface area contributed by atoms with Gasteiger partial charge in [-0.25, -0.2) is 9.59 Å². The summed E-state index contributed by atoms with van der Waals surface area (Å²) >= 11 is 0. The third-order valence-corrected chi connectivity index (χ3v) is 2.78. The molecule has 0 rings (SSSR count). The number of rotatable bonds is 5. The Balaban J connectivity index is 5.00. The number of carboxylic acids is 1. The highest BCUT2D eigenvalue weighted by molar-refractivity contribution is 5.85. The fourth-order valence-electron chi connectivity index (χ4n) is 1.55. The fraction of sp³-hybridized carbons (Fsp3) is 0.818. The molecule has 1 N–H and O–H groups in total. The first-order valence-corrected chi connectivity index (χ1v) is 5.62. The summed E-state index contributed by atoms with van der Waals surface area (Å²) in [6.45, 7) is 10.2. The number of nitrogens with zero attached hydrogens (tertiary/aromatic N) is 2. The van der Waals surface area contributed by atoms with Gasteiger partial charge in [0.2, 0.25) is 0 Å². The van der Waals surface area contributed by atoms with Crippen molar-refractivity contribution in [3.8, 4) is 0 Å². The number of amides is 2. The van der Waals surface area contributed by atoms with E-state index >= 15 is 0 Å². The molecule has 0 fully saturated rings. The molecule has 0 saturated heterocycles. The summed E-state index contributed by atoms with van der Waals surface area (Å²) in [4.78, 5) is 26.2. The van der Waals surface area contributed by atoms with E-state index in [4.69, 9.17) is 5.11 Å². The molecule has 0 aliphatic heterocycles. The zero-order valence-electron chi connectivity index (χ0n) is 10.8. The van der Waals surface area contributed by atoms with Crippen LogP contribution in [0.2, 0.25) is 0 Å². The lowest BCUT2D eigenvalue weighted by atomic mass is 10.0. The second-order valence-corrected chi connectivity index (χ2v) is 4.06. The van der Waals surface area contributed by atoms with E-state index in [1.54, 1.807) is 25.7 Å². The lowest BCUT2D eigenvalue weighted by Gasteiger charge is -2.37. The Morgan fingerprint density at radius 1 is 1.06 bits per heavy atom. The van der Waals surface area contributed by atoms with Crippen LogP contribution >= 0.6 is 0 Å². The first-order chi connectivity index (χ1) is 7.32. The van der Waals surface area contributed by atoms with Crippen molar-refractivity contribution in [3.05, 3.63) is 0 Å². The van der Waals surface area contributed by atoms with Crippen LogP contribution in [0.4, 0.5) is 4.79 Å². The van der Waals surface area contributed by atoms with Crippen molar-refractivity contribution in [1.29, 1.82) is 0 Å². The molecule has 0 spiro atoms. The highest BCUT2D eigenvalue weighted by atomic mass is 16.4. The van der Waals surface area contributed by atoms with Crippen molar-refractivity contribution in [2.24, 2.45) is 0 Å². The van der Waals surface area contributed by atoms with Gasteiger partial charge in [0.05, 0.1) is 0 Å². The van der Waals surface area contributed by atoms with Gasteiger partial charge in [-0.1, -0.05) is 0 Å². The predicted octanol–water partition coefficient (Wildman–Crippen LogP) is 1.63. The second-order valence-electron chi connectivity index (χ2n) is 4.06. The van der Waals surface area contributed by atoms with Gasteiger partial charge in [0, 0.05) is 19.6 Å². The van der Waals surface area contributed by atoms with Gasteiger partial charge in [-0.2, -0.15) is 0 Å². The third-order valence-electron chi connectivity index (χ3n) is 2.78. The largest absolute Gasteiger partial charge is 0.480 e. The van der Waals surface area contributed by atoms with Crippen LogP contribution in [0.15, 0.2) is 0 Å². The van der Waals surface area contributed by atoms with Gasteiger partial charge in [-0.15, -0.1) is 0 Å². The van der Waals surface area contributed by atoms with Crippen molar-refractivity contribution >= 4 is 12.0 Å². The van der Waals surface area contributed by atoms with E-state index in [0.29, 0.717) is 19.6 Å². The van der Waals surface area contributed by atoms with Crippen LogP contribution in [0.3, 0.4) is 0 Å². The Kier molecular flexibility index (Phi) is 5.27. The number of carbonyl (C=O) groups is 2. The van der Waals surface area contributed by atoms with Crippen LogP contribution in [0, 0.1) is 0 Å². The molecule has 2 amide bonds. The molecule has 0 unspecified atom stereocenters. The normalized spacial score (nSPS) is 11.1. The van der Waals surface area contributed by atoms with Gasteiger partial charge < -0.3 is 14.9 Å². The molecule has 94 valence electrons. The summed E-state index contributed by atoms with van der Waals surface area (Å²) < 4.78 is 0. The van der Waals surface area contributed by atoms with Gasteiger partial charge >= 0.3 is 12.0 Å². The molecule has 0 bridgehead atoms. The topological polar surface area (TPSA) is 60.9 Å². The summed E-state index contributed by atoms with van der Waals surface area (Å²) in [6.07, 6.45) is 0. The zero-order valence-corrected chi connectivity index (χ0v) is 10.8. The predicted molar refractivity (Wildman–Crippen MR) is 62.4 cm³/mol. The SMILES string of the molecule is CCN(CC)C(=O)N(CC)C(C)(C)C(=O)O. The first kappa shape index (κ1) is 14.7. The molecule has 0 radical (unpaired) electrons. The summed E-state index contributed by atoms with van der Waals surface area (Å²) in [5, 5.41) is 9.11. The zero-order chi connectivity index (χ0) is 12.9. The van der Waals surface area contributed by atoms with E-state index in [9.17, 15) is 9.59 Å².